The number of aromatic amines is 1. The predicted molar refractivity (Wildman–Crippen MR) is 228 cm³/mol. The van der Waals surface area contributed by atoms with E-state index in [2.05, 4.69) is 178 Å². The van der Waals surface area contributed by atoms with Gasteiger partial charge in [0.05, 0.1) is 0 Å². The van der Waals surface area contributed by atoms with E-state index in [9.17, 15) is 17.3 Å². The number of nitrogens with zero attached hydrogens (tertiary/aromatic N) is 2. The number of ether oxygens (including phenoxy) is 1. The molecule has 0 bridgehead atoms. The Bertz CT molecular complexity index is 1720. The summed E-state index contributed by atoms with van der Waals surface area (Å²) < 4.78 is 55.6. The van der Waals surface area contributed by atoms with Crippen LogP contribution in [0.3, 0.4) is 0 Å². The second-order valence-electron chi connectivity index (χ2n) is 15.1. The summed E-state index contributed by atoms with van der Waals surface area (Å²) in [5, 5.41) is 5.40. The van der Waals surface area contributed by atoms with Crippen molar-refractivity contribution in [1.29, 1.82) is 0 Å². The number of rotatable bonds is 10. The van der Waals surface area contributed by atoms with Crippen LogP contribution < -0.4 is 21.2 Å². The molecule has 0 radical (unpaired) electrons. The van der Waals surface area contributed by atoms with Gasteiger partial charge in [-0.3, -0.25) is 0 Å². The van der Waals surface area contributed by atoms with Crippen molar-refractivity contribution >= 4 is 59.1 Å². The zero-order valence-electron chi connectivity index (χ0n) is 32.0. The molecule has 1 saturated heterocycles. The summed E-state index contributed by atoms with van der Waals surface area (Å²) in [5.74, 6) is 0. The quantitative estimate of drug-likeness (QED) is 0.0847. The summed E-state index contributed by atoms with van der Waals surface area (Å²) in [7, 11) is -13.8. The molecule has 1 aliphatic rings. The molecule has 54 heavy (non-hydrogen) atoms. The van der Waals surface area contributed by atoms with Gasteiger partial charge in [-0.25, -0.2) is 0 Å². The third-order valence-corrected chi connectivity index (χ3v) is 21.8. The zero-order chi connectivity index (χ0) is 38.6. The molecule has 5 aromatic rings. The molecule has 6 rings (SSSR count). The molecule has 2 heterocycles. The van der Waals surface area contributed by atoms with Gasteiger partial charge in [-0.2, -0.15) is 0 Å². The number of benzene rings is 4. The molecule has 14 heteroatoms. The molecule has 0 saturated carbocycles. The van der Waals surface area contributed by atoms with Crippen LogP contribution in [0.15, 0.2) is 142 Å². The number of halogens is 4. The van der Waals surface area contributed by atoms with Gasteiger partial charge >= 0.3 is 29.6 Å². The SMILES string of the molecule is C1CCOC1.C[Si](C)(C)N=P(Cc1ccc(CP(=N[Si](C)(C)C)(c2ccccc2)c2ccccc2)[nH]1)(c1ccccc1)c1ccccc1.F[B-](F)(F)F.[Ag+]. The van der Waals surface area contributed by atoms with Crippen LogP contribution in [-0.2, 0) is 39.4 Å². The minimum absolute atomic E-state index is 0. The average Bonchev–Trinajstić information content (AvgIpc) is 3.83. The fraction of sp³-hybridized carbons (Fsp3) is 0.300. The van der Waals surface area contributed by atoms with E-state index in [-0.39, 0.29) is 22.4 Å². The van der Waals surface area contributed by atoms with Crippen molar-refractivity contribution < 1.29 is 44.4 Å². The molecule has 0 spiro atoms. The smallest absolute Gasteiger partial charge is 0.418 e. The Morgan fingerprint density at radius 3 is 0.981 bits per heavy atom. The van der Waals surface area contributed by atoms with Gasteiger partial charge in [-0.1, -0.05) is 161 Å². The van der Waals surface area contributed by atoms with Crippen LogP contribution in [-0.4, -0.2) is 41.9 Å². The topological polar surface area (TPSA) is 49.7 Å². The Labute approximate surface area is 337 Å². The molecule has 1 aliphatic heterocycles. The number of nitrogens with one attached hydrogen (secondary N) is 1. The summed E-state index contributed by atoms with van der Waals surface area (Å²) in [5.41, 5.74) is 2.51. The Hall–Kier alpha value is -2.46. The first-order chi connectivity index (χ1) is 25.0. The minimum atomic E-state index is -6.00. The maximum Gasteiger partial charge on any atom is 1.00 e. The molecule has 4 aromatic carbocycles. The first kappa shape index (κ1) is 45.9. The maximum absolute atomic E-state index is 9.75. The molecule has 0 atom stereocenters. The molecule has 0 aliphatic carbocycles. The molecule has 294 valence electrons. The fourth-order valence-electron chi connectivity index (χ4n) is 6.37. The van der Waals surface area contributed by atoms with Crippen LogP contribution in [0.25, 0.3) is 0 Å². The number of hydrogen-bond acceptors (Lipinski definition) is 3. The van der Waals surface area contributed by atoms with Crippen molar-refractivity contribution in [1.82, 2.24) is 4.98 Å². The van der Waals surface area contributed by atoms with Gasteiger partial charge in [-0.05, 0) is 46.2 Å². The van der Waals surface area contributed by atoms with E-state index < -0.39 is 37.8 Å². The van der Waals surface area contributed by atoms with Gasteiger partial charge in [0.15, 0.2) is 16.5 Å². The van der Waals surface area contributed by atoms with Crippen LogP contribution in [0, 0.1) is 0 Å². The van der Waals surface area contributed by atoms with E-state index in [4.69, 9.17) is 13.6 Å². The average molecular weight is 905 g/mol. The van der Waals surface area contributed by atoms with Crippen LogP contribution in [0.1, 0.15) is 24.2 Å². The molecule has 0 unspecified atom stereocenters. The molecule has 1 fully saturated rings. The normalized spacial score (nSPS) is 13.4. The van der Waals surface area contributed by atoms with E-state index in [1.807, 2.05) is 0 Å². The third-order valence-electron chi connectivity index (χ3n) is 8.11. The standard InChI is InChI=1S/C36H45N3P2Si2.C4H8O.Ag.BF4/c1-42(2,3)38-40(33-19-11-7-12-20-33,34-21-13-8-14-22-34)29-31-27-28-32(37-31)30-41(39-43(4,5)6,35-23-15-9-16-24-35)36-25-17-10-18-26-36;1-2-4-5-3-1;;2-1(3,4)5/h7-28,37H,29-30H2,1-6H3;1-4H2;;/q;;+1;-1. The van der Waals surface area contributed by atoms with Crippen molar-refractivity contribution in [2.24, 2.45) is 8.82 Å². The monoisotopic (exact) mass is 903 g/mol. The van der Waals surface area contributed by atoms with Crippen molar-refractivity contribution in [2.45, 2.75) is 64.4 Å². The predicted octanol–water partition coefficient (Wildman–Crippen LogP) is 11.5. The van der Waals surface area contributed by atoms with Crippen LogP contribution >= 0.6 is 14.1 Å². The van der Waals surface area contributed by atoms with E-state index in [1.165, 1.54) is 45.4 Å². The Balaban J connectivity index is 0.000000624. The van der Waals surface area contributed by atoms with E-state index in [1.54, 1.807) is 0 Å². The molecular formula is C40H53AgBF4N3OP2Si2. The minimum Gasteiger partial charge on any atom is -0.418 e. The first-order valence-electron chi connectivity index (χ1n) is 18.1. The number of hydrogen-bond donors (Lipinski definition) is 1. The summed E-state index contributed by atoms with van der Waals surface area (Å²) in [6, 6.07) is 48.8. The molecule has 1 N–H and O–H groups in total. The third kappa shape index (κ3) is 14.6. The number of aromatic nitrogens is 1. The Morgan fingerprint density at radius 1 is 0.519 bits per heavy atom. The molecular weight excluding hydrogens is 851 g/mol. The fourth-order valence-corrected chi connectivity index (χ4v) is 22.3. The first-order valence-corrected chi connectivity index (χ1v) is 28.8. The maximum atomic E-state index is 9.75. The molecule has 4 nitrogen and oxygen atoms in total. The summed E-state index contributed by atoms with van der Waals surface area (Å²) >= 11 is 0. The second kappa shape index (κ2) is 20.6. The van der Waals surface area contributed by atoms with Crippen molar-refractivity contribution in [3.63, 3.8) is 0 Å². The Kier molecular flexibility index (Phi) is 17.5. The van der Waals surface area contributed by atoms with Crippen LogP contribution in [0.2, 0.25) is 39.3 Å². The van der Waals surface area contributed by atoms with Crippen molar-refractivity contribution in [3.8, 4) is 0 Å². The van der Waals surface area contributed by atoms with Crippen molar-refractivity contribution in [3.05, 3.63) is 145 Å². The summed E-state index contributed by atoms with van der Waals surface area (Å²) in [6.07, 6.45) is 4.33. The van der Waals surface area contributed by atoms with Gasteiger partial charge in [0.25, 0.3) is 0 Å². The van der Waals surface area contributed by atoms with Gasteiger partial charge < -0.3 is 35.8 Å². The summed E-state index contributed by atoms with van der Waals surface area (Å²) in [6.45, 7) is 16.2. The Morgan fingerprint density at radius 2 is 0.778 bits per heavy atom. The molecule has 0 amide bonds. The number of H-pyrrole nitrogens is 1. The second-order valence-corrected chi connectivity index (χ2v) is 31.1. The van der Waals surface area contributed by atoms with Crippen molar-refractivity contribution in [2.75, 3.05) is 13.2 Å². The van der Waals surface area contributed by atoms with Gasteiger partial charge in [0, 0.05) is 51.0 Å². The van der Waals surface area contributed by atoms with E-state index in [0.29, 0.717) is 0 Å². The van der Waals surface area contributed by atoms with E-state index in [0.717, 1.165) is 25.5 Å². The van der Waals surface area contributed by atoms with Gasteiger partial charge in [0.2, 0.25) is 0 Å². The largest absolute Gasteiger partial charge is 1.00 e. The van der Waals surface area contributed by atoms with E-state index >= 15 is 0 Å². The summed E-state index contributed by atoms with van der Waals surface area (Å²) in [4.78, 5) is 3.94. The van der Waals surface area contributed by atoms with Crippen LogP contribution in [0.4, 0.5) is 17.3 Å². The van der Waals surface area contributed by atoms with Gasteiger partial charge in [0.1, 0.15) is 0 Å². The van der Waals surface area contributed by atoms with Gasteiger partial charge in [-0.15, -0.1) is 0 Å². The zero-order valence-corrected chi connectivity index (χ0v) is 37.3. The van der Waals surface area contributed by atoms with Crippen LogP contribution in [0.5, 0.6) is 0 Å². The molecule has 1 aromatic heterocycles.